The first-order valence-corrected chi connectivity index (χ1v) is 13.2. The summed E-state index contributed by atoms with van der Waals surface area (Å²) in [6.07, 6.45) is 2.13. The predicted octanol–water partition coefficient (Wildman–Crippen LogP) is 5.84. The van der Waals surface area contributed by atoms with Gasteiger partial charge in [0.1, 0.15) is 11.2 Å². The standard InChI is InChI=1S/C29H24Cl2FN3O3/c1-15(36)16-6-9-18(10-7-16)33-26(37)25-23(19-4-2-5-21(31)24(19)32)29(28(35-25)12-3-13-28)20-11-8-17(30)14-22(20)34-27(29)38/h2,4-11,14,23,25,35H,3,12-13H2,1H3,(H,33,37)(H,34,38)/t23-,25+,29+/m0/s1. The third-order valence-electron chi connectivity index (χ3n) is 8.36. The Morgan fingerprint density at radius 2 is 1.79 bits per heavy atom. The normalized spacial score (nSPS) is 24.7. The van der Waals surface area contributed by atoms with Crippen molar-refractivity contribution in [1.29, 1.82) is 0 Å². The van der Waals surface area contributed by atoms with Gasteiger partial charge in [-0.05, 0) is 79.8 Å². The SMILES string of the molecule is CC(=O)c1ccc(NC(=O)[C@@H]2NC3(CCC3)[C@@]3(C(=O)Nc4cc(Cl)ccc43)[C@H]2c2cccc(Cl)c2F)cc1. The van der Waals surface area contributed by atoms with Crippen LogP contribution in [0.15, 0.2) is 60.7 Å². The van der Waals surface area contributed by atoms with Crippen molar-refractivity contribution in [2.45, 2.75) is 49.1 Å². The van der Waals surface area contributed by atoms with Crippen molar-refractivity contribution >= 4 is 52.2 Å². The molecule has 0 radical (unpaired) electrons. The van der Waals surface area contributed by atoms with Gasteiger partial charge in [0.2, 0.25) is 11.8 Å². The molecule has 6 rings (SSSR count). The minimum atomic E-state index is -1.27. The lowest BCUT2D eigenvalue weighted by Gasteiger charge is -2.50. The van der Waals surface area contributed by atoms with E-state index in [-0.39, 0.29) is 22.3 Å². The fourth-order valence-corrected chi connectivity index (χ4v) is 6.95. The lowest BCUT2D eigenvalue weighted by atomic mass is 9.53. The third-order valence-corrected chi connectivity index (χ3v) is 8.89. The van der Waals surface area contributed by atoms with Crippen molar-refractivity contribution in [1.82, 2.24) is 5.32 Å². The van der Waals surface area contributed by atoms with Gasteiger partial charge in [0.25, 0.3) is 0 Å². The summed E-state index contributed by atoms with van der Waals surface area (Å²) >= 11 is 12.5. The lowest BCUT2D eigenvalue weighted by Crippen LogP contribution is -2.63. The van der Waals surface area contributed by atoms with Gasteiger partial charge in [-0.2, -0.15) is 0 Å². The molecule has 3 aromatic rings. The predicted molar refractivity (Wildman–Crippen MR) is 144 cm³/mol. The van der Waals surface area contributed by atoms with E-state index in [1.54, 1.807) is 54.6 Å². The average molecular weight is 552 g/mol. The van der Waals surface area contributed by atoms with E-state index in [9.17, 15) is 14.4 Å². The van der Waals surface area contributed by atoms with E-state index >= 15 is 4.39 Å². The molecule has 2 heterocycles. The van der Waals surface area contributed by atoms with Crippen molar-refractivity contribution in [2.24, 2.45) is 0 Å². The van der Waals surface area contributed by atoms with Crippen molar-refractivity contribution in [2.75, 3.05) is 10.6 Å². The second-order valence-electron chi connectivity index (χ2n) is 10.3. The molecule has 3 atom stereocenters. The van der Waals surface area contributed by atoms with Crippen LogP contribution in [-0.4, -0.2) is 29.2 Å². The molecule has 1 saturated carbocycles. The molecule has 2 fully saturated rings. The second-order valence-corrected chi connectivity index (χ2v) is 11.1. The number of halogens is 3. The number of Topliss-reactive ketones (excluding diaryl/α,β-unsaturated/α-hetero) is 1. The molecule has 0 bridgehead atoms. The summed E-state index contributed by atoms with van der Waals surface area (Å²) in [4.78, 5) is 39.6. The van der Waals surface area contributed by atoms with Crippen LogP contribution in [0, 0.1) is 5.82 Å². The monoisotopic (exact) mass is 551 g/mol. The van der Waals surface area contributed by atoms with Gasteiger partial charge in [0.05, 0.1) is 11.1 Å². The molecule has 194 valence electrons. The maximum absolute atomic E-state index is 15.7. The zero-order chi connectivity index (χ0) is 26.8. The lowest BCUT2D eigenvalue weighted by molar-refractivity contribution is -0.125. The molecule has 9 heteroatoms. The molecule has 1 aliphatic carbocycles. The Labute approximate surface area is 228 Å². The van der Waals surface area contributed by atoms with E-state index in [0.29, 0.717) is 40.4 Å². The van der Waals surface area contributed by atoms with E-state index in [4.69, 9.17) is 23.2 Å². The number of hydrogen-bond donors (Lipinski definition) is 3. The molecule has 2 spiro atoms. The van der Waals surface area contributed by atoms with E-state index in [0.717, 1.165) is 6.42 Å². The Morgan fingerprint density at radius 3 is 2.45 bits per heavy atom. The highest BCUT2D eigenvalue weighted by molar-refractivity contribution is 6.31. The minimum absolute atomic E-state index is 0.0825. The maximum Gasteiger partial charge on any atom is 0.242 e. The number of hydrogen-bond acceptors (Lipinski definition) is 4. The van der Waals surface area contributed by atoms with Crippen molar-refractivity contribution in [3.63, 3.8) is 0 Å². The van der Waals surface area contributed by atoms with Gasteiger partial charge in [0.15, 0.2) is 5.78 Å². The summed E-state index contributed by atoms with van der Waals surface area (Å²) in [5, 5.41) is 9.75. The Hall–Kier alpha value is -3.26. The van der Waals surface area contributed by atoms with Gasteiger partial charge in [-0.3, -0.25) is 19.7 Å². The minimum Gasteiger partial charge on any atom is -0.325 e. The largest absolute Gasteiger partial charge is 0.325 e. The number of rotatable bonds is 4. The molecule has 3 aliphatic rings. The number of ketones is 1. The molecule has 2 amide bonds. The molecule has 38 heavy (non-hydrogen) atoms. The van der Waals surface area contributed by atoms with Crippen LogP contribution in [0.3, 0.4) is 0 Å². The van der Waals surface area contributed by atoms with Crippen LogP contribution in [0.4, 0.5) is 15.8 Å². The van der Waals surface area contributed by atoms with Gasteiger partial charge in [0, 0.05) is 33.4 Å². The molecule has 3 N–H and O–H groups in total. The summed E-state index contributed by atoms with van der Waals surface area (Å²) in [5.74, 6) is -2.36. The van der Waals surface area contributed by atoms with E-state index in [2.05, 4.69) is 16.0 Å². The molecule has 6 nitrogen and oxygen atoms in total. The Balaban J connectivity index is 1.51. The number of carbonyl (C=O) groups is 3. The summed E-state index contributed by atoms with van der Waals surface area (Å²) in [5.41, 5.74) is 0.407. The zero-order valence-corrected chi connectivity index (χ0v) is 21.9. The molecule has 1 saturated heterocycles. The van der Waals surface area contributed by atoms with Crippen LogP contribution in [0.1, 0.15) is 53.6 Å². The number of amides is 2. The Morgan fingerprint density at radius 1 is 1.05 bits per heavy atom. The average Bonchev–Trinajstić information content (AvgIpc) is 3.34. The van der Waals surface area contributed by atoms with Gasteiger partial charge < -0.3 is 10.6 Å². The number of carbonyl (C=O) groups excluding carboxylic acids is 3. The van der Waals surface area contributed by atoms with E-state index in [1.165, 1.54) is 13.0 Å². The highest BCUT2D eigenvalue weighted by Gasteiger charge is 2.74. The molecule has 3 aromatic carbocycles. The summed E-state index contributed by atoms with van der Waals surface area (Å²) in [6, 6.07) is 15.5. The molecule has 2 aliphatic heterocycles. The fraction of sp³-hybridized carbons (Fsp3) is 0.276. The van der Waals surface area contributed by atoms with Gasteiger partial charge >= 0.3 is 0 Å². The first kappa shape index (κ1) is 25.0. The van der Waals surface area contributed by atoms with Crippen LogP contribution >= 0.6 is 23.2 Å². The molecule has 0 aromatic heterocycles. The Bertz CT molecular complexity index is 1510. The molecular formula is C29H24Cl2FN3O3. The summed E-state index contributed by atoms with van der Waals surface area (Å²) in [6.45, 7) is 1.47. The van der Waals surface area contributed by atoms with Gasteiger partial charge in [-0.25, -0.2) is 4.39 Å². The number of benzene rings is 3. The first-order valence-electron chi connectivity index (χ1n) is 12.4. The van der Waals surface area contributed by atoms with Crippen molar-refractivity contribution in [3.05, 3.63) is 93.2 Å². The van der Waals surface area contributed by atoms with Crippen LogP contribution < -0.4 is 16.0 Å². The number of fused-ring (bicyclic) bond motifs is 3. The fourth-order valence-electron chi connectivity index (χ4n) is 6.60. The van der Waals surface area contributed by atoms with Crippen molar-refractivity contribution in [3.8, 4) is 0 Å². The first-order chi connectivity index (χ1) is 18.2. The smallest absolute Gasteiger partial charge is 0.242 e. The van der Waals surface area contributed by atoms with Crippen molar-refractivity contribution < 1.29 is 18.8 Å². The highest BCUT2D eigenvalue weighted by Crippen LogP contribution is 2.64. The third kappa shape index (κ3) is 3.45. The summed E-state index contributed by atoms with van der Waals surface area (Å²) < 4.78 is 15.7. The molecule has 0 unspecified atom stereocenters. The van der Waals surface area contributed by atoms with E-state index < -0.39 is 34.6 Å². The molecular weight excluding hydrogens is 528 g/mol. The van der Waals surface area contributed by atoms with E-state index in [1.807, 2.05) is 0 Å². The van der Waals surface area contributed by atoms with Gasteiger partial charge in [-0.15, -0.1) is 0 Å². The second kappa shape index (κ2) is 8.90. The van der Waals surface area contributed by atoms with Crippen LogP contribution in [-0.2, 0) is 15.0 Å². The summed E-state index contributed by atoms with van der Waals surface area (Å²) in [7, 11) is 0. The quantitative estimate of drug-likeness (QED) is 0.355. The van der Waals surface area contributed by atoms with Crippen LogP contribution in [0.2, 0.25) is 10.0 Å². The topological polar surface area (TPSA) is 87.3 Å². The van der Waals surface area contributed by atoms with Gasteiger partial charge in [-0.1, -0.05) is 41.4 Å². The van der Waals surface area contributed by atoms with Crippen LogP contribution in [0.25, 0.3) is 0 Å². The van der Waals surface area contributed by atoms with Crippen LogP contribution in [0.5, 0.6) is 0 Å². The number of nitrogens with one attached hydrogen (secondary N) is 3. The maximum atomic E-state index is 15.7. The Kier molecular flexibility index (Phi) is 5.87. The zero-order valence-electron chi connectivity index (χ0n) is 20.4. The highest BCUT2D eigenvalue weighted by atomic mass is 35.5. The number of anilines is 2.